The summed E-state index contributed by atoms with van der Waals surface area (Å²) in [6.07, 6.45) is 2.28. The number of hydrogen-bond donors (Lipinski definition) is 1. The molecule has 1 aliphatic heterocycles. The van der Waals surface area contributed by atoms with Crippen LogP contribution in [0.3, 0.4) is 0 Å². The summed E-state index contributed by atoms with van der Waals surface area (Å²) < 4.78 is 7.31. The molecule has 0 aliphatic carbocycles. The van der Waals surface area contributed by atoms with E-state index in [1.165, 1.54) is 18.2 Å². The van der Waals surface area contributed by atoms with Crippen molar-refractivity contribution in [3.05, 3.63) is 0 Å². The standard InChI is InChI=1S/C12H20N4O3S/c1-15(6-9-4-3-5-19-7-9)11-13-14-12(16(11)2)20-8-10(17)18/h9H,3-8H2,1-2H3,(H,17,18). The molecule has 20 heavy (non-hydrogen) atoms. The van der Waals surface area contributed by atoms with E-state index < -0.39 is 5.97 Å². The molecule has 1 aromatic rings. The van der Waals surface area contributed by atoms with Crippen molar-refractivity contribution in [2.45, 2.75) is 18.0 Å². The molecule has 2 heterocycles. The molecule has 0 aromatic carbocycles. The summed E-state index contributed by atoms with van der Waals surface area (Å²) in [7, 11) is 3.83. The van der Waals surface area contributed by atoms with Gasteiger partial charge in [0.1, 0.15) is 0 Å². The highest BCUT2D eigenvalue weighted by atomic mass is 32.2. The van der Waals surface area contributed by atoms with Crippen LogP contribution in [0.4, 0.5) is 5.95 Å². The van der Waals surface area contributed by atoms with Crippen molar-refractivity contribution in [2.75, 3.05) is 37.5 Å². The van der Waals surface area contributed by atoms with E-state index in [0.717, 1.165) is 32.1 Å². The first-order chi connectivity index (χ1) is 9.58. The second-order valence-corrected chi connectivity index (χ2v) is 5.93. The van der Waals surface area contributed by atoms with Crippen molar-refractivity contribution in [2.24, 2.45) is 13.0 Å². The van der Waals surface area contributed by atoms with Gasteiger partial charge in [0.15, 0.2) is 5.16 Å². The number of rotatable bonds is 6. The molecule has 112 valence electrons. The minimum atomic E-state index is -0.854. The number of nitrogens with zero attached hydrogens (tertiary/aromatic N) is 4. The van der Waals surface area contributed by atoms with E-state index in [4.69, 9.17) is 9.84 Å². The number of aromatic nitrogens is 3. The van der Waals surface area contributed by atoms with Crippen molar-refractivity contribution in [1.82, 2.24) is 14.8 Å². The lowest BCUT2D eigenvalue weighted by Gasteiger charge is -2.27. The molecule has 1 N–H and O–H groups in total. The van der Waals surface area contributed by atoms with Gasteiger partial charge in [-0.3, -0.25) is 9.36 Å². The average molecular weight is 300 g/mol. The molecule has 1 unspecified atom stereocenters. The zero-order valence-electron chi connectivity index (χ0n) is 11.8. The number of carboxylic acids is 1. The van der Waals surface area contributed by atoms with Crippen molar-refractivity contribution in [3.63, 3.8) is 0 Å². The Balaban J connectivity index is 1.95. The molecule has 0 amide bonds. The van der Waals surface area contributed by atoms with Crippen LogP contribution in [0.1, 0.15) is 12.8 Å². The quantitative estimate of drug-likeness (QED) is 0.780. The van der Waals surface area contributed by atoms with Crippen LogP contribution in [-0.2, 0) is 16.6 Å². The fraction of sp³-hybridized carbons (Fsp3) is 0.750. The molecule has 0 saturated carbocycles. The fourth-order valence-corrected chi connectivity index (χ4v) is 2.94. The lowest BCUT2D eigenvalue weighted by atomic mass is 10.0. The van der Waals surface area contributed by atoms with Crippen molar-refractivity contribution < 1.29 is 14.6 Å². The zero-order valence-corrected chi connectivity index (χ0v) is 12.6. The minimum Gasteiger partial charge on any atom is -0.481 e. The molecule has 1 atom stereocenters. The minimum absolute atomic E-state index is 0.00779. The van der Waals surface area contributed by atoms with Crippen molar-refractivity contribution >= 4 is 23.7 Å². The van der Waals surface area contributed by atoms with Crippen molar-refractivity contribution in [3.8, 4) is 0 Å². The molecule has 8 heteroatoms. The molecule has 1 aliphatic rings. The third-order valence-electron chi connectivity index (χ3n) is 3.26. The van der Waals surface area contributed by atoms with Gasteiger partial charge in [0.05, 0.1) is 12.4 Å². The van der Waals surface area contributed by atoms with Crippen LogP contribution in [0.25, 0.3) is 0 Å². The number of carbonyl (C=O) groups is 1. The Morgan fingerprint density at radius 2 is 2.40 bits per heavy atom. The largest absolute Gasteiger partial charge is 0.481 e. The van der Waals surface area contributed by atoms with E-state index in [9.17, 15) is 4.79 Å². The molecule has 2 rings (SSSR count). The number of thioether (sulfide) groups is 1. The van der Waals surface area contributed by atoms with Gasteiger partial charge < -0.3 is 14.7 Å². The van der Waals surface area contributed by atoms with E-state index in [1.807, 2.05) is 18.7 Å². The van der Waals surface area contributed by atoms with Crippen LogP contribution in [0, 0.1) is 5.92 Å². The van der Waals surface area contributed by atoms with Gasteiger partial charge in [-0.25, -0.2) is 0 Å². The van der Waals surface area contributed by atoms with Crippen LogP contribution in [0.15, 0.2) is 5.16 Å². The van der Waals surface area contributed by atoms with E-state index in [1.54, 1.807) is 0 Å². The maximum atomic E-state index is 10.6. The Bertz CT molecular complexity index is 460. The van der Waals surface area contributed by atoms with Crippen LogP contribution in [0.2, 0.25) is 0 Å². The summed E-state index contributed by atoms with van der Waals surface area (Å²) in [5.41, 5.74) is 0. The van der Waals surface area contributed by atoms with Crippen LogP contribution in [0.5, 0.6) is 0 Å². The molecule has 0 radical (unpaired) electrons. The van der Waals surface area contributed by atoms with E-state index in [-0.39, 0.29) is 5.75 Å². The molecule has 0 spiro atoms. The van der Waals surface area contributed by atoms with Gasteiger partial charge in [0.25, 0.3) is 0 Å². The van der Waals surface area contributed by atoms with Gasteiger partial charge in [-0.15, -0.1) is 10.2 Å². The Hall–Kier alpha value is -1.28. The Morgan fingerprint density at radius 1 is 1.60 bits per heavy atom. The topological polar surface area (TPSA) is 80.5 Å². The molecule has 1 saturated heterocycles. The Labute approximate surface area is 122 Å². The highest BCUT2D eigenvalue weighted by molar-refractivity contribution is 7.99. The summed E-state index contributed by atoms with van der Waals surface area (Å²) in [6.45, 7) is 2.53. The Morgan fingerprint density at radius 3 is 3.05 bits per heavy atom. The lowest BCUT2D eigenvalue weighted by molar-refractivity contribution is -0.133. The van der Waals surface area contributed by atoms with Gasteiger partial charge in [0, 0.05) is 27.2 Å². The first-order valence-electron chi connectivity index (χ1n) is 6.60. The molecule has 1 aromatic heterocycles. The van der Waals surface area contributed by atoms with Crippen LogP contribution in [-0.4, -0.2) is 58.4 Å². The van der Waals surface area contributed by atoms with Gasteiger partial charge in [-0.1, -0.05) is 11.8 Å². The number of aliphatic carboxylic acids is 1. The molecule has 0 bridgehead atoms. The second-order valence-electron chi connectivity index (χ2n) is 4.99. The van der Waals surface area contributed by atoms with Gasteiger partial charge >= 0.3 is 5.97 Å². The predicted octanol–water partition coefficient (Wildman–Crippen LogP) is 0.855. The highest BCUT2D eigenvalue weighted by Crippen LogP contribution is 2.21. The number of anilines is 1. The number of carboxylic acid groups (broad SMARTS) is 1. The summed E-state index contributed by atoms with van der Waals surface area (Å²) in [6, 6.07) is 0. The second kappa shape index (κ2) is 6.94. The Kier molecular flexibility index (Phi) is 5.24. The molecular weight excluding hydrogens is 280 g/mol. The van der Waals surface area contributed by atoms with Gasteiger partial charge in [0.2, 0.25) is 5.95 Å². The van der Waals surface area contributed by atoms with Crippen molar-refractivity contribution in [1.29, 1.82) is 0 Å². The number of ether oxygens (including phenoxy) is 1. The zero-order chi connectivity index (χ0) is 14.5. The SMILES string of the molecule is CN(CC1CCCOC1)c1nnc(SCC(=O)O)n1C. The predicted molar refractivity (Wildman–Crippen MR) is 76.2 cm³/mol. The third-order valence-corrected chi connectivity index (χ3v) is 4.27. The maximum Gasteiger partial charge on any atom is 0.313 e. The average Bonchev–Trinajstić information content (AvgIpc) is 2.79. The monoisotopic (exact) mass is 300 g/mol. The highest BCUT2D eigenvalue weighted by Gasteiger charge is 2.19. The number of hydrogen-bond acceptors (Lipinski definition) is 6. The maximum absolute atomic E-state index is 10.6. The third kappa shape index (κ3) is 3.86. The van der Waals surface area contributed by atoms with E-state index in [2.05, 4.69) is 15.1 Å². The smallest absolute Gasteiger partial charge is 0.313 e. The first-order valence-corrected chi connectivity index (χ1v) is 7.59. The summed E-state index contributed by atoms with van der Waals surface area (Å²) >= 11 is 1.18. The van der Waals surface area contributed by atoms with E-state index in [0.29, 0.717) is 11.1 Å². The van der Waals surface area contributed by atoms with Gasteiger partial charge in [-0.2, -0.15) is 0 Å². The van der Waals surface area contributed by atoms with E-state index >= 15 is 0 Å². The summed E-state index contributed by atoms with van der Waals surface area (Å²) in [5, 5.41) is 17.5. The lowest BCUT2D eigenvalue weighted by Crippen LogP contribution is -2.32. The van der Waals surface area contributed by atoms with Gasteiger partial charge in [-0.05, 0) is 18.8 Å². The molecule has 1 fully saturated rings. The summed E-state index contributed by atoms with van der Waals surface area (Å²) in [5.74, 6) is 0.405. The normalized spacial score (nSPS) is 19.0. The molecular formula is C12H20N4O3S. The summed E-state index contributed by atoms with van der Waals surface area (Å²) in [4.78, 5) is 12.6. The molecule has 7 nitrogen and oxygen atoms in total. The van der Waals surface area contributed by atoms with Crippen LogP contribution >= 0.6 is 11.8 Å². The fourth-order valence-electron chi connectivity index (χ4n) is 2.31. The first kappa shape index (κ1) is 15.1. The van der Waals surface area contributed by atoms with Crippen LogP contribution < -0.4 is 4.90 Å².